The van der Waals surface area contributed by atoms with E-state index in [4.69, 9.17) is 25.8 Å². The first kappa shape index (κ1) is 19.1. The van der Waals surface area contributed by atoms with Crippen molar-refractivity contribution in [1.82, 2.24) is 0 Å². The maximum Gasteiger partial charge on any atom is 0.414 e. The average molecular weight is 344 g/mol. The highest BCUT2D eigenvalue weighted by molar-refractivity contribution is 6.68. The van der Waals surface area contributed by atoms with Crippen molar-refractivity contribution < 1.29 is 23.8 Å². The van der Waals surface area contributed by atoms with E-state index in [2.05, 4.69) is 0 Å². The Morgan fingerprint density at radius 3 is 2.17 bits per heavy atom. The van der Waals surface area contributed by atoms with Gasteiger partial charge in [0.05, 0.1) is 19.9 Å². The Hall–Kier alpha value is -1.95. The van der Waals surface area contributed by atoms with E-state index in [1.54, 1.807) is 39.8 Å². The zero-order valence-electron chi connectivity index (χ0n) is 14.2. The summed E-state index contributed by atoms with van der Waals surface area (Å²) in [7, 11) is 2.85. The Bertz CT molecular complexity index is 595. The second-order valence-electron chi connectivity index (χ2n) is 5.69. The van der Waals surface area contributed by atoms with Crippen LogP contribution in [-0.2, 0) is 4.74 Å². The fourth-order valence-corrected chi connectivity index (χ4v) is 2.23. The van der Waals surface area contributed by atoms with Crippen molar-refractivity contribution in [3.63, 3.8) is 0 Å². The summed E-state index contributed by atoms with van der Waals surface area (Å²) in [5.41, 5.74) is -0.299. The molecule has 1 aromatic carbocycles. The van der Waals surface area contributed by atoms with Crippen LogP contribution < -0.4 is 14.4 Å². The Morgan fingerprint density at radius 1 is 1.17 bits per heavy atom. The summed E-state index contributed by atoms with van der Waals surface area (Å²) < 4.78 is 15.8. The van der Waals surface area contributed by atoms with Gasteiger partial charge in [0.15, 0.2) is 11.5 Å². The van der Waals surface area contributed by atoms with Crippen molar-refractivity contribution in [3.05, 3.63) is 17.7 Å². The second-order valence-corrected chi connectivity index (χ2v) is 6.04. The molecule has 1 amide bonds. The molecule has 0 N–H and O–H groups in total. The third kappa shape index (κ3) is 4.51. The van der Waals surface area contributed by atoms with Crippen LogP contribution in [0, 0.1) is 0 Å². The minimum absolute atomic E-state index is 0.0567. The van der Waals surface area contributed by atoms with E-state index in [0.717, 1.165) is 0 Å². The third-order valence-corrected chi connectivity index (χ3v) is 3.13. The Kier molecular flexibility index (Phi) is 6.27. The number of methoxy groups -OCH3 is 2. The third-order valence-electron chi connectivity index (χ3n) is 2.94. The Morgan fingerprint density at radius 2 is 1.78 bits per heavy atom. The smallest absolute Gasteiger partial charge is 0.414 e. The van der Waals surface area contributed by atoms with E-state index in [0.29, 0.717) is 18.0 Å². The molecule has 0 saturated carbocycles. The van der Waals surface area contributed by atoms with Gasteiger partial charge in [-0.3, -0.25) is 9.69 Å². The number of amides is 1. The summed E-state index contributed by atoms with van der Waals surface area (Å²) >= 11 is 5.71. The van der Waals surface area contributed by atoms with Crippen LogP contribution in [-0.4, -0.2) is 37.7 Å². The zero-order chi connectivity index (χ0) is 17.8. The maximum absolute atomic E-state index is 12.4. The van der Waals surface area contributed by atoms with Crippen molar-refractivity contribution in [2.75, 3.05) is 25.7 Å². The number of rotatable bonds is 5. The molecule has 0 bridgehead atoms. The fraction of sp³-hybridized carbons (Fsp3) is 0.500. The van der Waals surface area contributed by atoms with Crippen LogP contribution in [0.2, 0.25) is 0 Å². The summed E-state index contributed by atoms with van der Waals surface area (Å²) in [6, 6.07) is 3.18. The number of carbonyl (C=O) groups excluding carboxylic acids is 2. The fourth-order valence-electron chi connectivity index (χ4n) is 2.05. The highest BCUT2D eigenvalue weighted by atomic mass is 35.5. The molecule has 0 aliphatic heterocycles. The summed E-state index contributed by atoms with van der Waals surface area (Å²) in [5, 5.41) is -0.752. The van der Waals surface area contributed by atoms with Crippen LogP contribution in [0.5, 0.6) is 11.5 Å². The maximum atomic E-state index is 12.4. The number of anilines is 1. The number of carbonyl (C=O) groups is 2. The number of ether oxygens (including phenoxy) is 3. The summed E-state index contributed by atoms with van der Waals surface area (Å²) in [5.74, 6) is 0.521. The standard InChI is InChI=1S/C16H22ClNO5/c1-7-18(15(20)23-16(2,3)4)10-8-9-11(21-5)13(22-6)12(10)14(17)19/h8-9H,7H2,1-6H3. The Labute approximate surface area is 141 Å². The molecule has 0 aliphatic carbocycles. The van der Waals surface area contributed by atoms with Crippen molar-refractivity contribution in [2.45, 2.75) is 33.3 Å². The average Bonchev–Trinajstić information content (AvgIpc) is 2.44. The number of hydrogen-bond donors (Lipinski definition) is 0. The zero-order valence-corrected chi connectivity index (χ0v) is 15.0. The molecule has 0 saturated heterocycles. The van der Waals surface area contributed by atoms with Gasteiger partial charge in [-0.1, -0.05) is 0 Å². The van der Waals surface area contributed by atoms with Crippen LogP contribution in [0.3, 0.4) is 0 Å². The molecule has 0 heterocycles. The monoisotopic (exact) mass is 343 g/mol. The van der Waals surface area contributed by atoms with Gasteiger partial charge in [-0.25, -0.2) is 4.79 Å². The minimum atomic E-state index is -0.752. The summed E-state index contributed by atoms with van der Waals surface area (Å²) in [4.78, 5) is 25.6. The molecule has 6 nitrogen and oxygen atoms in total. The molecule has 0 aromatic heterocycles. The van der Waals surface area contributed by atoms with E-state index in [-0.39, 0.29) is 11.3 Å². The predicted octanol–water partition coefficient (Wildman–Crippen LogP) is 3.84. The molecule has 0 fully saturated rings. The van der Waals surface area contributed by atoms with E-state index < -0.39 is 16.9 Å². The van der Waals surface area contributed by atoms with Crippen molar-refractivity contribution in [3.8, 4) is 11.5 Å². The first-order chi connectivity index (χ1) is 10.7. The lowest BCUT2D eigenvalue weighted by molar-refractivity contribution is 0.0582. The quantitative estimate of drug-likeness (QED) is 0.760. The lowest BCUT2D eigenvalue weighted by Crippen LogP contribution is -2.37. The van der Waals surface area contributed by atoms with Crippen molar-refractivity contribution in [2.24, 2.45) is 0 Å². The van der Waals surface area contributed by atoms with Gasteiger partial charge in [-0.2, -0.15) is 0 Å². The normalized spacial score (nSPS) is 10.9. The summed E-state index contributed by atoms with van der Waals surface area (Å²) in [6.07, 6.45) is -0.577. The highest BCUT2D eigenvalue weighted by Crippen LogP contribution is 2.39. The van der Waals surface area contributed by atoms with Gasteiger partial charge in [0.25, 0.3) is 5.24 Å². The van der Waals surface area contributed by atoms with E-state index >= 15 is 0 Å². The molecule has 1 aromatic rings. The topological polar surface area (TPSA) is 65.1 Å². The number of hydrogen-bond acceptors (Lipinski definition) is 5. The first-order valence-electron chi connectivity index (χ1n) is 7.11. The highest BCUT2D eigenvalue weighted by Gasteiger charge is 2.28. The molecule has 7 heteroatoms. The SMILES string of the molecule is CCN(C(=O)OC(C)(C)C)c1ccc(OC)c(OC)c1C(=O)Cl. The van der Waals surface area contributed by atoms with Crippen LogP contribution in [0.1, 0.15) is 38.1 Å². The lowest BCUT2D eigenvalue weighted by Gasteiger charge is -2.28. The molecule has 0 atom stereocenters. The van der Waals surface area contributed by atoms with Crippen LogP contribution >= 0.6 is 11.6 Å². The molecule has 0 radical (unpaired) electrons. The van der Waals surface area contributed by atoms with Crippen LogP contribution in [0.4, 0.5) is 10.5 Å². The molecule has 0 aliphatic rings. The van der Waals surface area contributed by atoms with Gasteiger partial charge in [0.1, 0.15) is 11.2 Å². The molecule has 128 valence electrons. The second kappa shape index (κ2) is 7.55. The molecular formula is C16H22ClNO5. The molecular weight excluding hydrogens is 322 g/mol. The van der Waals surface area contributed by atoms with Crippen LogP contribution in [0.25, 0.3) is 0 Å². The molecule has 1 rings (SSSR count). The molecule has 0 spiro atoms. The number of halogens is 1. The van der Waals surface area contributed by atoms with E-state index in [1.807, 2.05) is 0 Å². The largest absolute Gasteiger partial charge is 0.493 e. The molecule has 23 heavy (non-hydrogen) atoms. The van der Waals surface area contributed by atoms with Gasteiger partial charge < -0.3 is 14.2 Å². The van der Waals surface area contributed by atoms with Gasteiger partial charge in [0, 0.05) is 6.54 Å². The van der Waals surface area contributed by atoms with Crippen molar-refractivity contribution in [1.29, 1.82) is 0 Å². The number of benzene rings is 1. The first-order valence-corrected chi connectivity index (χ1v) is 7.49. The summed E-state index contributed by atoms with van der Waals surface area (Å²) in [6.45, 7) is 7.35. The molecule has 0 unspecified atom stereocenters. The van der Waals surface area contributed by atoms with Crippen molar-refractivity contribution >= 4 is 28.6 Å². The van der Waals surface area contributed by atoms with Gasteiger partial charge in [-0.15, -0.1) is 0 Å². The lowest BCUT2D eigenvalue weighted by atomic mass is 10.1. The van der Waals surface area contributed by atoms with Gasteiger partial charge in [-0.05, 0) is 51.4 Å². The van der Waals surface area contributed by atoms with E-state index in [1.165, 1.54) is 19.1 Å². The van der Waals surface area contributed by atoms with Crippen LogP contribution in [0.15, 0.2) is 12.1 Å². The van der Waals surface area contributed by atoms with Gasteiger partial charge >= 0.3 is 6.09 Å². The predicted molar refractivity (Wildman–Crippen MR) is 89.0 cm³/mol. The number of nitrogens with zero attached hydrogens (tertiary/aromatic N) is 1. The van der Waals surface area contributed by atoms with Gasteiger partial charge in [0.2, 0.25) is 0 Å². The van der Waals surface area contributed by atoms with E-state index in [9.17, 15) is 9.59 Å². The minimum Gasteiger partial charge on any atom is -0.493 e. The Balaban J connectivity index is 3.44.